The Kier molecular flexibility index (Phi) is 6.87. The lowest BCUT2D eigenvalue weighted by molar-refractivity contribution is 0.0304. The van der Waals surface area contributed by atoms with Gasteiger partial charge in [-0.05, 0) is 23.8 Å². The van der Waals surface area contributed by atoms with Gasteiger partial charge in [-0.15, -0.1) is 0 Å². The Bertz CT molecular complexity index is 1500. The standard InChI is InChI=1S/C27H24FN7O2/c28-18-6-7-21-19(14-18)24(27(36)35-10-12-37-13-11-35)23(17-4-2-1-3-5-17)22(34-21)8-9-31-26-20(15-29)25(30)32-16-33-26/h1-7,14,16H,8-13H2,(H3,30,31,32,33). The summed E-state index contributed by atoms with van der Waals surface area (Å²) in [4.78, 5) is 28.5. The van der Waals surface area contributed by atoms with E-state index in [1.54, 1.807) is 11.0 Å². The van der Waals surface area contributed by atoms with E-state index < -0.39 is 5.82 Å². The summed E-state index contributed by atoms with van der Waals surface area (Å²) in [6.07, 6.45) is 1.69. The van der Waals surface area contributed by atoms with Gasteiger partial charge < -0.3 is 20.7 Å². The van der Waals surface area contributed by atoms with Gasteiger partial charge in [0.15, 0.2) is 0 Å². The summed E-state index contributed by atoms with van der Waals surface area (Å²) >= 11 is 0. The lowest BCUT2D eigenvalue weighted by atomic mass is 9.92. The molecule has 4 aromatic rings. The molecule has 0 bridgehead atoms. The number of nitrogen functional groups attached to an aromatic ring is 1. The second-order valence-corrected chi connectivity index (χ2v) is 8.51. The van der Waals surface area contributed by atoms with Crippen LogP contribution in [0.3, 0.4) is 0 Å². The highest BCUT2D eigenvalue weighted by Gasteiger charge is 2.27. The fourth-order valence-electron chi connectivity index (χ4n) is 4.47. The number of nitrogens with two attached hydrogens (primary N) is 1. The number of pyridine rings is 1. The average Bonchev–Trinajstić information content (AvgIpc) is 2.93. The number of hydrogen-bond acceptors (Lipinski definition) is 8. The normalized spacial score (nSPS) is 13.4. The van der Waals surface area contributed by atoms with Gasteiger partial charge >= 0.3 is 0 Å². The number of carbonyl (C=O) groups is 1. The molecule has 0 unspecified atom stereocenters. The highest BCUT2D eigenvalue weighted by Crippen LogP contribution is 2.34. The van der Waals surface area contributed by atoms with E-state index >= 15 is 0 Å². The van der Waals surface area contributed by atoms with Crippen LogP contribution in [0, 0.1) is 17.1 Å². The van der Waals surface area contributed by atoms with E-state index in [-0.39, 0.29) is 17.3 Å². The van der Waals surface area contributed by atoms with Gasteiger partial charge in [-0.2, -0.15) is 5.26 Å². The molecule has 37 heavy (non-hydrogen) atoms. The Labute approximate surface area is 212 Å². The van der Waals surface area contributed by atoms with E-state index in [1.807, 2.05) is 36.4 Å². The molecule has 0 radical (unpaired) electrons. The number of carbonyl (C=O) groups excluding carboxylic acids is 1. The average molecular weight is 498 g/mol. The number of fused-ring (bicyclic) bond motifs is 1. The molecular weight excluding hydrogens is 473 g/mol. The first-order valence-corrected chi connectivity index (χ1v) is 11.9. The molecule has 2 aromatic carbocycles. The predicted octanol–water partition coefficient (Wildman–Crippen LogP) is 3.41. The van der Waals surface area contributed by atoms with Crippen LogP contribution in [-0.4, -0.2) is 58.6 Å². The van der Waals surface area contributed by atoms with Crippen molar-refractivity contribution in [3.05, 3.63) is 77.5 Å². The topological polar surface area (TPSA) is 130 Å². The SMILES string of the molecule is N#Cc1c(N)ncnc1NCCc1nc2ccc(F)cc2c(C(=O)N2CCOCC2)c1-c1ccccc1. The summed E-state index contributed by atoms with van der Waals surface area (Å²) in [6.45, 7) is 2.16. The van der Waals surface area contributed by atoms with Gasteiger partial charge in [0.1, 0.15) is 35.4 Å². The molecule has 1 saturated heterocycles. The van der Waals surface area contributed by atoms with Crippen LogP contribution in [-0.2, 0) is 11.2 Å². The summed E-state index contributed by atoms with van der Waals surface area (Å²) in [5.41, 5.74) is 9.02. The number of nitrogens with one attached hydrogen (secondary N) is 1. The number of nitriles is 1. The quantitative estimate of drug-likeness (QED) is 0.415. The maximum Gasteiger partial charge on any atom is 0.255 e. The van der Waals surface area contributed by atoms with E-state index in [0.717, 1.165) is 5.56 Å². The first kappa shape index (κ1) is 24.1. The number of aromatic nitrogens is 3. The van der Waals surface area contributed by atoms with Gasteiger partial charge in [0.25, 0.3) is 5.91 Å². The molecule has 1 fully saturated rings. The molecule has 1 aliphatic rings. The second kappa shape index (κ2) is 10.6. The molecule has 5 rings (SSSR count). The summed E-state index contributed by atoms with van der Waals surface area (Å²) in [7, 11) is 0. The van der Waals surface area contributed by atoms with Gasteiger partial charge in [-0.3, -0.25) is 9.78 Å². The molecule has 3 heterocycles. The maximum atomic E-state index is 14.4. The zero-order valence-electron chi connectivity index (χ0n) is 19.9. The van der Waals surface area contributed by atoms with Gasteiger partial charge in [-0.25, -0.2) is 14.4 Å². The number of rotatable bonds is 6. The van der Waals surface area contributed by atoms with Crippen molar-refractivity contribution in [3.8, 4) is 17.2 Å². The van der Waals surface area contributed by atoms with Crippen LogP contribution >= 0.6 is 0 Å². The first-order valence-electron chi connectivity index (χ1n) is 11.9. The predicted molar refractivity (Wildman–Crippen MR) is 137 cm³/mol. The lowest BCUT2D eigenvalue weighted by Crippen LogP contribution is -2.41. The smallest absolute Gasteiger partial charge is 0.255 e. The number of amides is 1. The van der Waals surface area contributed by atoms with Gasteiger partial charge in [0.2, 0.25) is 0 Å². The summed E-state index contributed by atoms with van der Waals surface area (Å²) < 4.78 is 19.9. The lowest BCUT2D eigenvalue weighted by Gasteiger charge is -2.29. The van der Waals surface area contributed by atoms with Crippen molar-refractivity contribution in [3.63, 3.8) is 0 Å². The van der Waals surface area contributed by atoms with Crippen LogP contribution in [0.5, 0.6) is 0 Å². The molecule has 0 saturated carbocycles. The zero-order valence-corrected chi connectivity index (χ0v) is 19.9. The summed E-state index contributed by atoms with van der Waals surface area (Å²) in [6, 6.07) is 15.8. The van der Waals surface area contributed by atoms with Gasteiger partial charge in [0, 0.05) is 37.0 Å². The molecule has 1 aliphatic heterocycles. The van der Waals surface area contributed by atoms with Crippen LogP contribution in [0.2, 0.25) is 0 Å². The Hall–Kier alpha value is -4.62. The van der Waals surface area contributed by atoms with Crippen LogP contribution < -0.4 is 11.1 Å². The molecule has 10 heteroatoms. The van der Waals surface area contributed by atoms with E-state index in [1.165, 1.54) is 18.5 Å². The van der Waals surface area contributed by atoms with E-state index in [2.05, 4.69) is 15.3 Å². The molecule has 186 valence electrons. The zero-order chi connectivity index (χ0) is 25.8. The summed E-state index contributed by atoms with van der Waals surface area (Å²) in [5.74, 6) is -0.216. The van der Waals surface area contributed by atoms with Gasteiger partial charge in [0.05, 0.1) is 30.0 Å². The number of ether oxygens (including phenoxy) is 1. The van der Waals surface area contributed by atoms with E-state index in [9.17, 15) is 14.4 Å². The fourth-order valence-corrected chi connectivity index (χ4v) is 4.47. The van der Waals surface area contributed by atoms with Crippen molar-refractivity contribution >= 4 is 28.4 Å². The van der Waals surface area contributed by atoms with Crippen LogP contribution in [0.4, 0.5) is 16.0 Å². The highest BCUT2D eigenvalue weighted by molar-refractivity contribution is 6.12. The highest BCUT2D eigenvalue weighted by atomic mass is 19.1. The Balaban J connectivity index is 1.62. The van der Waals surface area contributed by atoms with E-state index in [0.29, 0.717) is 72.8 Å². The largest absolute Gasteiger partial charge is 0.382 e. The maximum absolute atomic E-state index is 14.4. The number of morpholine rings is 1. The minimum atomic E-state index is -0.441. The molecule has 3 N–H and O–H groups in total. The minimum Gasteiger partial charge on any atom is -0.382 e. The van der Waals surface area contributed by atoms with Gasteiger partial charge in [-0.1, -0.05) is 30.3 Å². The number of hydrogen-bond donors (Lipinski definition) is 2. The summed E-state index contributed by atoms with van der Waals surface area (Å²) in [5, 5.41) is 13.0. The molecule has 0 atom stereocenters. The van der Waals surface area contributed by atoms with Crippen molar-refractivity contribution in [2.24, 2.45) is 0 Å². The van der Waals surface area contributed by atoms with Crippen molar-refractivity contribution in [1.82, 2.24) is 19.9 Å². The molecular formula is C27H24FN7O2. The van der Waals surface area contributed by atoms with Crippen molar-refractivity contribution < 1.29 is 13.9 Å². The first-order chi connectivity index (χ1) is 18.1. The Morgan fingerprint density at radius 2 is 1.95 bits per heavy atom. The van der Waals surface area contributed by atoms with E-state index in [4.69, 9.17) is 15.5 Å². The Morgan fingerprint density at radius 3 is 2.70 bits per heavy atom. The van der Waals surface area contributed by atoms with Crippen LogP contribution in [0.1, 0.15) is 21.6 Å². The molecule has 0 spiro atoms. The number of nitrogens with zero attached hydrogens (tertiary/aromatic N) is 5. The molecule has 1 amide bonds. The number of anilines is 2. The monoisotopic (exact) mass is 497 g/mol. The minimum absolute atomic E-state index is 0.0919. The van der Waals surface area contributed by atoms with Crippen molar-refractivity contribution in [1.29, 1.82) is 5.26 Å². The number of benzene rings is 2. The van der Waals surface area contributed by atoms with Crippen molar-refractivity contribution in [2.75, 3.05) is 43.9 Å². The third-order valence-electron chi connectivity index (χ3n) is 6.24. The third-order valence-corrected chi connectivity index (χ3v) is 6.24. The second-order valence-electron chi connectivity index (χ2n) is 8.51. The fraction of sp³-hybridized carbons (Fsp3) is 0.222. The third kappa shape index (κ3) is 4.90. The Morgan fingerprint density at radius 1 is 1.16 bits per heavy atom. The van der Waals surface area contributed by atoms with Crippen LogP contribution in [0.25, 0.3) is 22.0 Å². The molecule has 9 nitrogen and oxygen atoms in total. The van der Waals surface area contributed by atoms with Crippen molar-refractivity contribution in [2.45, 2.75) is 6.42 Å². The molecule has 2 aromatic heterocycles. The number of halogens is 1. The molecule has 0 aliphatic carbocycles. The van der Waals surface area contributed by atoms with Crippen LogP contribution in [0.15, 0.2) is 54.9 Å².